The quantitative estimate of drug-likeness (QED) is 0.415. The van der Waals surface area contributed by atoms with Gasteiger partial charge in [-0.2, -0.15) is 13.2 Å². The van der Waals surface area contributed by atoms with E-state index in [2.05, 4.69) is 6.92 Å². The number of thioether (sulfide) groups is 1. The Hall–Kier alpha value is -0.970. The van der Waals surface area contributed by atoms with Crippen LogP contribution in [0, 0.1) is 0 Å². The first-order chi connectivity index (χ1) is 10.9. The maximum absolute atomic E-state index is 12.7. The van der Waals surface area contributed by atoms with Gasteiger partial charge in [0.25, 0.3) is 0 Å². The minimum absolute atomic E-state index is 0.212. The third-order valence-electron chi connectivity index (χ3n) is 3.67. The maximum atomic E-state index is 12.7. The van der Waals surface area contributed by atoms with Gasteiger partial charge in [0.15, 0.2) is 5.78 Å². The molecule has 0 amide bonds. The molecule has 0 aliphatic heterocycles. The number of carbonyl (C=O) groups excluding carboxylic acids is 1. The molecule has 0 saturated heterocycles. The molecular weight excluding hydrogens is 321 g/mol. The highest BCUT2D eigenvalue weighted by Crippen LogP contribution is 2.43. The van der Waals surface area contributed by atoms with Gasteiger partial charge in [0.05, 0.1) is 5.25 Å². The number of halogens is 3. The molecular formula is C18H25F3OS. The van der Waals surface area contributed by atoms with Crippen molar-refractivity contribution >= 4 is 17.5 Å². The summed E-state index contributed by atoms with van der Waals surface area (Å²) in [5, 5.41) is -1.14. The van der Waals surface area contributed by atoms with Gasteiger partial charge < -0.3 is 0 Å². The summed E-state index contributed by atoms with van der Waals surface area (Å²) < 4.78 is 38.2. The van der Waals surface area contributed by atoms with Crippen molar-refractivity contribution in [2.24, 2.45) is 0 Å². The molecule has 0 unspecified atom stereocenters. The molecule has 1 atom stereocenters. The Kier molecular flexibility index (Phi) is 9.37. The summed E-state index contributed by atoms with van der Waals surface area (Å²) in [6.45, 7) is 2.15. The number of hydrogen-bond donors (Lipinski definition) is 0. The summed E-state index contributed by atoms with van der Waals surface area (Å²) >= 11 is -0.212. The zero-order valence-corrected chi connectivity index (χ0v) is 14.4. The molecule has 1 nitrogen and oxygen atoms in total. The summed E-state index contributed by atoms with van der Waals surface area (Å²) in [4.78, 5) is 12.2. The van der Waals surface area contributed by atoms with E-state index in [1.807, 2.05) is 0 Å². The van der Waals surface area contributed by atoms with E-state index in [9.17, 15) is 18.0 Å². The lowest BCUT2D eigenvalue weighted by atomic mass is 10.0. The van der Waals surface area contributed by atoms with E-state index in [-0.39, 0.29) is 24.0 Å². The minimum atomic E-state index is -4.41. The number of Topliss-reactive ketones (excluding diaryl/α,β-unsaturated/α-hetero) is 1. The van der Waals surface area contributed by atoms with Crippen LogP contribution in [0.2, 0.25) is 0 Å². The largest absolute Gasteiger partial charge is 0.442 e. The molecule has 1 aromatic rings. The van der Waals surface area contributed by atoms with Crippen molar-refractivity contribution in [3.63, 3.8) is 0 Å². The van der Waals surface area contributed by atoms with Crippen LogP contribution in [0.1, 0.15) is 69.1 Å². The normalized spacial score (nSPS) is 13.0. The lowest BCUT2D eigenvalue weighted by Gasteiger charge is -2.17. The topological polar surface area (TPSA) is 17.1 Å². The number of rotatable bonds is 11. The highest BCUT2D eigenvalue weighted by Gasteiger charge is 2.36. The van der Waals surface area contributed by atoms with Crippen LogP contribution in [0.15, 0.2) is 30.3 Å². The third-order valence-corrected chi connectivity index (χ3v) is 4.71. The molecule has 0 aliphatic rings. The van der Waals surface area contributed by atoms with Crippen LogP contribution >= 0.6 is 11.8 Å². The Morgan fingerprint density at radius 3 is 2.13 bits per heavy atom. The van der Waals surface area contributed by atoms with E-state index in [0.29, 0.717) is 12.0 Å². The van der Waals surface area contributed by atoms with E-state index in [4.69, 9.17) is 0 Å². The van der Waals surface area contributed by atoms with Crippen LogP contribution in [0.3, 0.4) is 0 Å². The van der Waals surface area contributed by atoms with Crippen molar-refractivity contribution < 1.29 is 18.0 Å². The first-order valence-corrected chi connectivity index (χ1v) is 9.14. The second-order valence-corrected chi connectivity index (χ2v) is 6.86. The Labute approximate surface area is 141 Å². The highest BCUT2D eigenvalue weighted by molar-refractivity contribution is 8.01. The Bertz CT molecular complexity index is 445. The van der Waals surface area contributed by atoms with Crippen LogP contribution in [0.4, 0.5) is 13.2 Å². The lowest BCUT2D eigenvalue weighted by Crippen LogP contribution is -2.15. The second-order valence-electron chi connectivity index (χ2n) is 5.69. The fourth-order valence-electron chi connectivity index (χ4n) is 2.47. The van der Waals surface area contributed by atoms with Gasteiger partial charge in [-0.25, -0.2) is 0 Å². The fourth-order valence-corrected chi connectivity index (χ4v) is 3.28. The Morgan fingerprint density at radius 2 is 1.57 bits per heavy atom. The molecule has 0 aromatic heterocycles. The predicted octanol–water partition coefficient (Wildman–Crippen LogP) is 6.69. The number of carbonyl (C=O) groups is 1. The van der Waals surface area contributed by atoms with E-state index in [1.54, 1.807) is 30.3 Å². The summed E-state index contributed by atoms with van der Waals surface area (Å²) in [5.41, 5.74) is -3.97. The molecule has 1 rings (SSSR count). The molecule has 0 heterocycles. The lowest BCUT2D eigenvalue weighted by molar-refractivity contribution is -0.119. The average molecular weight is 346 g/mol. The smallest absolute Gasteiger partial charge is 0.298 e. The summed E-state index contributed by atoms with van der Waals surface area (Å²) in [7, 11) is 0. The molecule has 0 spiro atoms. The number of alkyl halides is 3. The van der Waals surface area contributed by atoms with Crippen molar-refractivity contribution in [1.82, 2.24) is 0 Å². The molecule has 1 aromatic carbocycles. The minimum Gasteiger partial charge on any atom is -0.298 e. The molecule has 0 N–H and O–H groups in total. The molecule has 0 saturated carbocycles. The van der Waals surface area contributed by atoms with Crippen molar-refractivity contribution in [3.8, 4) is 0 Å². The molecule has 0 bridgehead atoms. The van der Waals surface area contributed by atoms with Crippen LogP contribution < -0.4 is 0 Å². The van der Waals surface area contributed by atoms with E-state index in [1.165, 1.54) is 19.3 Å². The van der Waals surface area contributed by atoms with Gasteiger partial charge in [-0.15, -0.1) is 0 Å². The van der Waals surface area contributed by atoms with Gasteiger partial charge in [0.1, 0.15) is 0 Å². The monoisotopic (exact) mass is 346 g/mol. The third kappa shape index (κ3) is 9.04. The maximum Gasteiger partial charge on any atom is 0.442 e. The van der Waals surface area contributed by atoms with E-state index >= 15 is 0 Å². The van der Waals surface area contributed by atoms with Crippen molar-refractivity contribution in [2.45, 2.75) is 69.0 Å². The summed E-state index contributed by atoms with van der Waals surface area (Å²) in [6, 6.07) is 8.25. The van der Waals surface area contributed by atoms with Gasteiger partial charge in [0.2, 0.25) is 0 Å². The molecule has 23 heavy (non-hydrogen) atoms. The van der Waals surface area contributed by atoms with Gasteiger partial charge in [-0.05, 0) is 23.7 Å². The molecule has 0 radical (unpaired) electrons. The number of ketones is 1. The number of benzene rings is 1. The number of unbranched alkanes of at least 4 members (excludes halogenated alkanes) is 6. The summed E-state index contributed by atoms with van der Waals surface area (Å²) in [6.07, 6.45) is 7.60. The van der Waals surface area contributed by atoms with Gasteiger partial charge >= 0.3 is 5.51 Å². The molecule has 5 heteroatoms. The molecule has 0 fully saturated rings. The second kappa shape index (κ2) is 10.7. The fraction of sp³-hybridized carbons (Fsp3) is 0.611. The molecule has 130 valence electrons. The standard InChI is InChI=1S/C18H25F3OS/c1-2-3-4-5-6-7-11-14-16(22)17(23-18(19,20)21)15-12-9-8-10-13-15/h8-10,12-13,17H,2-7,11,14H2,1H3/t17-/m0/s1. The van der Waals surface area contributed by atoms with Crippen LogP contribution in [-0.4, -0.2) is 11.3 Å². The van der Waals surface area contributed by atoms with Crippen molar-refractivity contribution in [3.05, 3.63) is 35.9 Å². The zero-order valence-electron chi connectivity index (χ0n) is 13.6. The Balaban J connectivity index is 2.47. The van der Waals surface area contributed by atoms with E-state index in [0.717, 1.165) is 19.3 Å². The highest BCUT2D eigenvalue weighted by atomic mass is 32.2. The predicted molar refractivity (Wildman–Crippen MR) is 90.4 cm³/mol. The van der Waals surface area contributed by atoms with Gasteiger partial charge in [-0.1, -0.05) is 75.8 Å². The van der Waals surface area contributed by atoms with Gasteiger partial charge in [0, 0.05) is 6.42 Å². The molecule has 0 aliphatic carbocycles. The first kappa shape index (κ1) is 20.1. The van der Waals surface area contributed by atoms with Crippen molar-refractivity contribution in [2.75, 3.05) is 0 Å². The van der Waals surface area contributed by atoms with Crippen LogP contribution in [0.25, 0.3) is 0 Å². The summed E-state index contributed by atoms with van der Waals surface area (Å²) in [5.74, 6) is -0.327. The average Bonchev–Trinajstić information content (AvgIpc) is 2.51. The van der Waals surface area contributed by atoms with Gasteiger partial charge in [-0.3, -0.25) is 4.79 Å². The SMILES string of the molecule is CCCCCCCCCC(=O)[C@@H](SC(F)(F)F)c1ccccc1. The van der Waals surface area contributed by atoms with Crippen molar-refractivity contribution in [1.29, 1.82) is 0 Å². The van der Waals surface area contributed by atoms with Crippen LogP contribution in [-0.2, 0) is 4.79 Å². The Morgan fingerprint density at radius 1 is 1.00 bits per heavy atom. The van der Waals surface area contributed by atoms with E-state index < -0.39 is 10.8 Å². The zero-order chi connectivity index (χ0) is 17.1. The first-order valence-electron chi connectivity index (χ1n) is 8.26. The van der Waals surface area contributed by atoms with Crippen LogP contribution in [0.5, 0.6) is 0 Å². The number of hydrogen-bond acceptors (Lipinski definition) is 2.